The van der Waals surface area contributed by atoms with Gasteiger partial charge in [0.25, 0.3) is 0 Å². The van der Waals surface area contributed by atoms with Gasteiger partial charge in [0.15, 0.2) is 0 Å². The van der Waals surface area contributed by atoms with Gasteiger partial charge >= 0.3 is 0 Å². The molecule has 96 valence electrons. The second-order valence-corrected chi connectivity index (χ2v) is 4.77. The zero-order valence-corrected chi connectivity index (χ0v) is 10.8. The smallest absolute Gasteiger partial charge is 0.128 e. The number of halogens is 2. The molecule has 0 unspecified atom stereocenters. The highest BCUT2D eigenvalue weighted by molar-refractivity contribution is 6.30. The van der Waals surface area contributed by atoms with Gasteiger partial charge in [-0.15, -0.1) is 0 Å². The van der Waals surface area contributed by atoms with Gasteiger partial charge in [-0.25, -0.2) is 4.39 Å². The molecular formula is C13H15ClFN3. The summed E-state index contributed by atoms with van der Waals surface area (Å²) in [5.41, 5.74) is 0.519. The summed E-state index contributed by atoms with van der Waals surface area (Å²) < 4.78 is 13.9. The number of rotatable bonds is 3. The quantitative estimate of drug-likeness (QED) is 0.914. The van der Waals surface area contributed by atoms with E-state index in [1.165, 1.54) is 12.1 Å². The van der Waals surface area contributed by atoms with Crippen LogP contribution in [0.3, 0.4) is 0 Å². The summed E-state index contributed by atoms with van der Waals surface area (Å²) in [6.45, 7) is 3.37. The van der Waals surface area contributed by atoms with Crippen molar-refractivity contribution in [3.8, 4) is 6.07 Å². The van der Waals surface area contributed by atoms with Crippen molar-refractivity contribution in [3.05, 3.63) is 34.6 Å². The third kappa shape index (κ3) is 2.99. The minimum absolute atomic E-state index is 0.212. The Balaban J connectivity index is 2.28. The van der Waals surface area contributed by atoms with Crippen LogP contribution in [0.15, 0.2) is 18.2 Å². The number of nitrogens with zero attached hydrogens (tertiary/aromatic N) is 2. The van der Waals surface area contributed by atoms with E-state index in [1.54, 1.807) is 6.07 Å². The van der Waals surface area contributed by atoms with Crippen LogP contribution in [0.4, 0.5) is 4.39 Å². The van der Waals surface area contributed by atoms with Gasteiger partial charge in [0, 0.05) is 36.8 Å². The third-order valence-electron chi connectivity index (χ3n) is 3.19. The zero-order chi connectivity index (χ0) is 13.0. The summed E-state index contributed by atoms with van der Waals surface area (Å²) >= 11 is 5.92. The molecule has 1 aliphatic heterocycles. The van der Waals surface area contributed by atoms with E-state index in [2.05, 4.69) is 16.3 Å². The van der Waals surface area contributed by atoms with Crippen molar-refractivity contribution >= 4 is 11.6 Å². The molecule has 0 amide bonds. The fourth-order valence-corrected chi connectivity index (χ4v) is 2.47. The summed E-state index contributed by atoms with van der Waals surface area (Å²) in [7, 11) is 0. The van der Waals surface area contributed by atoms with Crippen LogP contribution in [0.25, 0.3) is 0 Å². The van der Waals surface area contributed by atoms with Crippen LogP contribution in [0.2, 0.25) is 5.02 Å². The van der Waals surface area contributed by atoms with Crippen molar-refractivity contribution in [2.45, 2.75) is 12.5 Å². The van der Waals surface area contributed by atoms with Crippen molar-refractivity contribution in [3.63, 3.8) is 0 Å². The lowest BCUT2D eigenvalue weighted by Crippen LogP contribution is -2.45. The van der Waals surface area contributed by atoms with E-state index in [0.29, 0.717) is 10.6 Å². The van der Waals surface area contributed by atoms with Gasteiger partial charge in [-0.3, -0.25) is 4.90 Å². The fourth-order valence-electron chi connectivity index (χ4n) is 2.29. The van der Waals surface area contributed by atoms with Gasteiger partial charge in [-0.05, 0) is 18.2 Å². The summed E-state index contributed by atoms with van der Waals surface area (Å²) in [5.74, 6) is -0.293. The molecule has 0 saturated carbocycles. The Morgan fingerprint density at radius 1 is 1.44 bits per heavy atom. The van der Waals surface area contributed by atoms with E-state index < -0.39 is 0 Å². The lowest BCUT2D eigenvalue weighted by atomic mass is 10.0. The van der Waals surface area contributed by atoms with Gasteiger partial charge in [0.1, 0.15) is 5.82 Å². The van der Waals surface area contributed by atoms with Gasteiger partial charge in [-0.2, -0.15) is 5.26 Å². The van der Waals surface area contributed by atoms with E-state index in [9.17, 15) is 4.39 Å². The van der Waals surface area contributed by atoms with Crippen LogP contribution in [-0.4, -0.2) is 31.1 Å². The Kier molecular flexibility index (Phi) is 4.54. The molecule has 0 spiro atoms. The molecule has 0 bridgehead atoms. The molecule has 1 aliphatic rings. The Morgan fingerprint density at radius 3 is 2.83 bits per heavy atom. The van der Waals surface area contributed by atoms with E-state index >= 15 is 0 Å². The predicted octanol–water partition coefficient (Wildman–Crippen LogP) is 2.34. The molecule has 1 N–H and O–H groups in total. The van der Waals surface area contributed by atoms with Crippen LogP contribution < -0.4 is 5.32 Å². The first-order chi connectivity index (χ1) is 8.72. The summed E-state index contributed by atoms with van der Waals surface area (Å²) in [4.78, 5) is 2.13. The van der Waals surface area contributed by atoms with Crippen molar-refractivity contribution in [1.82, 2.24) is 10.2 Å². The molecule has 2 rings (SSSR count). The standard InChI is InChI=1S/C13H15ClFN3/c14-10-1-2-12(15)11(9-10)13(3-4-16)18-7-5-17-6-8-18/h1-2,9,13,17H,3,5-8H2/t13-/m0/s1. The first-order valence-corrected chi connectivity index (χ1v) is 6.37. The minimum atomic E-state index is -0.293. The van der Waals surface area contributed by atoms with Gasteiger partial charge in [0.05, 0.1) is 18.5 Å². The monoisotopic (exact) mass is 267 g/mol. The molecule has 18 heavy (non-hydrogen) atoms. The number of nitriles is 1. The molecule has 5 heteroatoms. The molecule has 0 radical (unpaired) electrons. The Hall–Kier alpha value is -1.15. The molecule has 1 saturated heterocycles. The van der Waals surface area contributed by atoms with E-state index in [-0.39, 0.29) is 18.3 Å². The lowest BCUT2D eigenvalue weighted by molar-refractivity contribution is 0.172. The molecule has 1 atom stereocenters. The number of piperazine rings is 1. The molecule has 1 aromatic rings. The van der Waals surface area contributed by atoms with Crippen LogP contribution in [0.5, 0.6) is 0 Å². The zero-order valence-electron chi connectivity index (χ0n) is 10.00. The van der Waals surface area contributed by atoms with Crippen molar-refractivity contribution in [2.24, 2.45) is 0 Å². The van der Waals surface area contributed by atoms with E-state index in [1.807, 2.05) is 0 Å². The van der Waals surface area contributed by atoms with Crippen molar-refractivity contribution in [1.29, 1.82) is 5.26 Å². The largest absolute Gasteiger partial charge is 0.314 e. The van der Waals surface area contributed by atoms with Gasteiger partial charge in [-0.1, -0.05) is 11.6 Å². The van der Waals surface area contributed by atoms with Gasteiger partial charge in [0.2, 0.25) is 0 Å². The summed E-state index contributed by atoms with van der Waals surface area (Å²) in [5, 5.41) is 12.7. The summed E-state index contributed by atoms with van der Waals surface area (Å²) in [6, 6.07) is 6.45. The second-order valence-electron chi connectivity index (χ2n) is 4.33. The van der Waals surface area contributed by atoms with Crippen LogP contribution in [0, 0.1) is 17.1 Å². The van der Waals surface area contributed by atoms with Crippen LogP contribution in [0.1, 0.15) is 18.0 Å². The average Bonchev–Trinajstić information content (AvgIpc) is 2.40. The summed E-state index contributed by atoms with van der Waals surface area (Å²) in [6.07, 6.45) is 0.275. The fraction of sp³-hybridized carbons (Fsp3) is 0.462. The highest BCUT2D eigenvalue weighted by Crippen LogP contribution is 2.28. The minimum Gasteiger partial charge on any atom is -0.314 e. The predicted molar refractivity (Wildman–Crippen MR) is 68.8 cm³/mol. The number of benzene rings is 1. The second kappa shape index (κ2) is 6.14. The Bertz CT molecular complexity index is 452. The van der Waals surface area contributed by atoms with Crippen LogP contribution in [-0.2, 0) is 0 Å². The Labute approximate surface area is 111 Å². The lowest BCUT2D eigenvalue weighted by Gasteiger charge is -2.34. The number of nitrogens with one attached hydrogen (secondary N) is 1. The maximum absolute atomic E-state index is 13.9. The average molecular weight is 268 g/mol. The topological polar surface area (TPSA) is 39.1 Å². The number of hydrogen-bond donors (Lipinski definition) is 1. The van der Waals surface area contributed by atoms with Crippen molar-refractivity contribution in [2.75, 3.05) is 26.2 Å². The van der Waals surface area contributed by atoms with E-state index in [0.717, 1.165) is 26.2 Å². The normalized spacial score (nSPS) is 18.3. The molecule has 1 fully saturated rings. The molecular weight excluding hydrogens is 253 g/mol. The maximum atomic E-state index is 13.9. The molecule has 0 aliphatic carbocycles. The molecule has 1 aromatic carbocycles. The van der Waals surface area contributed by atoms with Crippen LogP contribution >= 0.6 is 11.6 Å². The first kappa shape index (κ1) is 13.3. The van der Waals surface area contributed by atoms with E-state index in [4.69, 9.17) is 16.9 Å². The number of hydrogen-bond acceptors (Lipinski definition) is 3. The highest BCUT2D eigenvalue weighted by Gasteiger charge is 2.24. The van der Waals surface area contributed by atoms with Gasteiger partial charge < -0.3 is 5.32 Å². The van der Waals surface area contributed by atoms with Crippen molar-refractivity contribution < 1.29 is 4.39 Å². The molecule has 3 nitrogen and oxygen atoms in total. The maximum Gasteiger partial charge on any atom is 0.128 e. The third-order valence-corrected chi connectivity index (χ3v) is 3.43. The SMILES string of the molecule is N#CC[C@@H](c1cc(Cl)ccc1F)N1CCNCC1. The highest BCUT2D eigenvalue weighted by atomic mass is 35.5. The molecule has 1 heterocycles. The Morgan fingerprint density at radius 2 is 2.17 bits per heavy atom. The first-order valence-electron chi connectivity index (χ1n) is 5.99. The molecule has 0 aromatic heterocycles.